The van der Waals surface area contributed by atoms with Gasteiger partial charge in [-0.3, -0.25) is 0 Å². The number of rotatable bonds is 11. The Hall–Kier alpha value is -2.46. The first-order valence-electron chi connectivity index (χ1n) is 13.5. The Labute approximate surface area is 218 Å². The molecule has 3 N–H and O–H groups in total. The Morgan fingerprint density at radius 2 is 1.81 bits per heavy atom. The van der Waals surface area contributed by atoms with Gasteiger partial charge in [0.2, 0.25) is 0 Å². The third-order valence-corrected chi connectivity index (χ3v) is 7.36. The van der Waals surface area contributed by atoms with Crippen LogP contribution < -0.4 is 16.0 Å². The highest BCUT2D eigenvalue weighted by atomic mass is 19.1. The molecule has 1 heterocycles. The number of nitrogens with one attached hydrogen (secondary N) is 3. The molecule has 1 saturated carbocycles. The molecule has 3 atom stereocenters. The van der Waals surface area contributed by atoms with Gasteiger partial charge < -0.3 is 30.3 Å². The normalized spacial score (nSPS) is 20.2. The molecule has 2 aliphatic rings. The molecule has 0 bridgehead atoms. The largest absolute Gasteiger partial charge is 0.453 e. The molecule has 1 aromatic carbocycles. The molecular formula is C27H42F2N4O4. The number of piperidine rings is 1. The maximum atomic E-state index is 14.1. The van der Waals surface area contributed by atoms with E-state index in [1.54, 1.807) is 4.90 Å². The first-order valence-corrected chi connectivity index (χ1v) is 13.5. The smallest absolute Gasteiger partial charge is 0.406 e. The zero-order valence-electron chi connectivity index (χ0n) is 22.1. The van der Waals surface area contributed by atoms with Gasteiger partial charge in [0, 0.05) is 44.2 Å². The minimum Gasteiger partial charge on any atom is -0.453 e. The Kier molecular flexibility index (Phi) is 11.9. The second kappa shape index (κ2) is 15.1. The van der Waals surface area contributed by atoms with E-state index in [0.717, 1.165) is 25.3 Å². The molecule has 1 saturated heterocycles. The van der Waals surface area contributed by atoms with Gasteiger partial charge in [-0.2, -0.15) is 0 Å². The number of hydrogen-bond acceptors (Lipinski definition) is 5. The Bertz CT molecular complexity index is 849. The van der Waals surface area contributed by atoms with Crippen molar-refractivity contribution in [1.82, 2.24) is 20.9 Å². The molecule has 3 amide bonds. The van der Waals surface area contributed by atoms with Crippen molar-refractivity contribution in [2.75, 3.05) is 46.9 Å². The van der Waals surface area contributed by atoms with Crippen LogP contribution in [0, 0.1) is 23.5 Å². The van der Waals surface area contributed by atoms with Crippen molar-refractivity contribution < 1.29 is 27.8 Å². The summed E-state index contributed by atoms with van der Waals surface area (Å²) in [7, 11) is 3.17. The molecule has 0 unspecified atom stereocenters. The number of carbonyl (C=O) groups is 2. The number of nitrogens with zero attached hydrogens (tertiary/aromatic N) is 1. The second-order valence-electron chi connectivity index (χ2n) is 10.2. The van der Waals surface area contributed by atoms with E-state index in [9.17, 15) is 18.4 Å². The number of hydrogen-bond donors (Lipinski definition) is 3. The summed E-state index contributed by atoms with van der Waals surface area (Å²) in [6, 6.07) is 3.31. The van der Waals surface area contributed by atoms with E-state index < -0.39 is 23.8 Å². The average Bonchev–Trinajstić information content (AvgIpc) is 2.88. The van der Waals surface area contributed by atoms with Crippen LogP contribution >= 0.6 is 0 Å². The Morgan fingerprint density at radius 3 is 2.49 bits per heavy atom. The minimum atomic E-state index is -0.681. The van der Waals surface area contributed by atoms with Crippen LogP contribution in [0.15, 0.2) is 18.2 Å². The van der Waals surface area contributed by atoms with E-state index in [4.69, 9.17) is 4.74 Å². The number of likely N-dealkylation sites (N-methyl/N-ethyl adjacent to an activating group) is 1. The van der Waals surface area contributed by atoms with Crippen LogP contribution in [0.4, 0.5) is 18.4 Å². The van der Waals surface area contributed by atoms with Crippen molar-refractivity contribution in [3.05, 3.63) is 35.4 Å². The number of benzene rings is 1. The molecular weight excluding hydrogens is 482 g/mol. The van der Waals surface area contributed by atoms with E-state index in [0.29, 0.717) is 31.1 Å². The van der Waals surface area contributed by atoms with E-state index >= 15 is 0 Å². The molecule has 0 spiro atoms. The molecule has 8 nitrogen and oxygen atoms in total. The van der Waals surface area contributed by atoms with E-state index in [2.05, 4.69) is 20.7 Å². The van der Waals surface area contributed by atoms with Crippen LogP contribution in [0.2, 0.25) is 0 Å². The first-order chi connectivity index (χ1) is 17.9. The zero-order chi connectivity index (χ0) is 26.6. The number of methoxy groups -OCH3 is 1. The molecule has 37 heavy (non-hydrogen) atoms. The van der Waals surface area contributed by atoms with Gasteiger partial charge in [-0.1, -0.05) is 32.1 Å². The van der Waals surface area contributed by atoms with Gasteiger partial charge in [0.05, 0.1) is 19.8 Å². The summed E-state index contributed by atoms with van der Waals surface area (Å²) in [5, 5.41) is 8.97. The van der Waals surface area contributed by atoms with Crippen LogP contribution in [0.3, 0.4) is 0 Å². The lowest BCUT2D eigenvalue weighted by Crippen LogP contribution is -2.52. The standard InChI is InChI=1S/C27H42F2N4O4/c1-30-17-24(13-19-7-4-3-5-8-19)32-26(34)33-11-6-9-20(18-33)25(37-12-10-31-27(35)36-2)21-14-22(28)16-23(29)15-21/h14-16,19-20,24-25,30H,3-13,17-18H2,1-2H3,(H,31,35)(H,32,34)/t20-,24+,25-/m1/s1. The summed E-state index contributed by atoms with van der Waals surface area (Å²) in [4.78, 5) is 26.4. The third kappa shape index (κ3) is 9.41. The highest BCUT2D eigenvalue weighted by molar-refractivity contribution is 5.74. The number of halogens is 2. The van der Waals surface area contributed by atoms with Crippen molar-refractivity contribution in [1.29, 1.82) is 0 Å². The predicted molar refractivity (Wildman–Crippen MR) is 137 cm³/mol. The molecule has 1 aromatic rings. The molecule has 0 radical (unpaired) electrons. The van der Waals surface area contributed by atoms with E-state index in [1.807, 2.05) is 7.05 Å². The maximum absolute atomic E-state index is 14.1. The van der Waals surface area contributed by atoms with Crippen molar-refractivity contribution in [3.63, 3.8) is 0 Å². The highest BCUT2D eigenvalue weighted by Gasteiger charge is 2.32. The van der Waals surface area contributed by atoms with Crippen LogP contribution in [0.25, 0.3) is 0 Å². The summed E-state index contributed by atoms with van der Waals surface area (Å²) in [5.41, 5.74) is 0.383. The van der Waals surface area contributed by atoms with Gasteiger partial charge in [-0.25, -0.2) is 18.4 Å². The number of amides is 3. The second-order valence-corrected chi connectivity index (χ2v) is 10.2. The molecule has 208 valence electrons. The fourth-order valence-electron chi connectivity index (χ4n) is 5.63. The lowest BCUT2D eigenvalue weighted by Gasteiger charge is -2.38. The number of carbonyl (C=O) groups excluding carboxylic acids is 2. The number of urea groups is 1. The third-order valence-electron chi connectivity index (χ3n) is 7.36. The summed E-state index contributed by atoms with van der Waals surface area (Å²) in [6.45, 7) is 2.05. The SMILES string of the molecule is CNC[C@H](CC1CCCCC1)NC(=O)N1CCC[C@@H]([C@@H](OCCNC(=O)OC)c2cc(F)cc(F)c2)C1. The van der Waals surface area contributed by atoms with Crippen LogP contribution in [0.1, 0.15) is 63.0 Å². The molecule has 0 aromatic heterocycles. The first kappa shape index (κ1) is 29.1. The van der Waals surface area contributed by atoms with Gasteiger partial charge in [-0.05, 0) is 49.9 Å². The van der Waals surface area contributed by atoms with Gasteiger partial charge in [-0.15, -0.1) is 0 Å². The van der Waals surface area contributed by atoms with Crippen molar-refractivity contribution >= 4 is 12.1 Å². The summed E-state index contributed by atoms with van der Waals surface area (Å²) >= 11 is 0. The topological polar surface area (TPSA) is 91.9 Å². The highest BCUT2D eigenvalue weighted by Crippen LogP contribution is 2.34. The zero-order valence-corrected chi connectivity index (χ0v) is 22.1. The maximum Gasteiger partial charge on any atom is 0.406 e. The Morgan fingerprint density at radius 1 is 1.08 bits per heavy atom. The van der Waals surface area contributed by atoms with Crippen LogP contribution in [-0.4, -0.2) is 70.0 Å². The fourth-order valence-corrected chi connectivity index (χ4v) is 5.63. The lowest BCUT2D eigenvalue weighted by atomic mass is 9.85. The Balaban J connectivity index is 1.65. The molecule has 3 rings (SSSR count). The number of ether oxygens (including phenoxy) is 2. The monoisotopic (exact) mass is 524 g/mol. The van der Waals surface area contributed by atoms with Crippen molar-refractivity contribution in [2.45, 2.75) is 63.5 Å². The quantitative estimate of drug-likeness (QED) is 0.374. The molecule has 1 aliphatic carbocycles. The van der Waals surface area contributed by atoms with Gasteiger partial charge >= 0.3 is 12.1 Å². The van der Waals surface area contributed by atoms with E-state index in [-0.39, 0.29) is 31.1 Å². The van der Waals surface area contributed by atoms with Crippen LogP contribution in [-0.2, 0) is 9.47 Å². The summed E-state index contributed by atoms with van der Waals surface area (Å²) in [6.07, 6.45) is 7.51. The molecule has 10 heteroatoms. The summed E-state index contributed by atoms with van der Waals surface area (Å²) in [5.74, 6) is -0.876. The van der Waals surface area contributed by atoms with Gasteiger partial charge in [0.25, 0.3) is 0 Å². The predicted octanol–water partition coefficient (Wildman–Crippen LogP) is 4.36. The van der Waals surface area contributed by atoms with Crippen LogP contribution in [0.5, 0.6) is 0 Å². The van der Waals surface area contributed by atoms with E-state index in [1.165, 1.54) is 51.3 Å². The van der Waals surface area contributed by atoms with Crippen molar-refractivity contribution in [3.8, 4) is 0 Å². The molecule has 1 aliphatic heterocycles. The number of likely N-dealkylation sites (tertiary alicyclic amines) is 1. The average molecular weight is 525 g/mol. The van der Waals surface area contributed by atoms with Gasteiger partial charge in [0.15, 0.2) is 0 Å². The van der Waals surface area contributed by atoms with Gasteiger partial charge in [0.1, 0.15) is 11.6 Å². The summed E-state index contributed by atoms with van der Waals surface area (Å²) < 4.78 is 38.7. The molecule has 2 fully saturated rings. The lowest BCUT2D eigenvalue weighted by molar-refractivity contribution is -0.00897. The van der Waals surface area contributed by atoms with Crippen molar-refractivity contribution in [2.24, 2.45) is 11.8 Å². The fraction of sp³-hybridized carbons (Fsp3) is 0.704. The minimum absolute atomic E-state index is 0.0507. The number of alkyl carbamates (subject to hydrolysis) is 1.